The van der Waals surface area contributed by atoms with Crippen molar-refractivity contribution >= 4 is 11.0 Å². The maximum Gasteiger partial charge on any atom is 0.270 e. The van der Waals surface area contributed by atoms with Crippen LogP contribution in [0, 0.1) is 5.92 Å². The lowest BCUT2D eigenvalue weighted by molar-refractivity contribution is 0.0495. The minimum absolute atomic E-state index is 0.0291. The van der Waals surface area contributed by atoms with Crippen molar-refractivity contribution in [1.82, 2.24) is 14.9 Å². The van der Waals surface area contributed by atoms with E-state index in [9.17, 15) is 4.79 Å². The summed E-state index contributed by atoms with van der Waals surface area (Å²) < 4.78 is 0. The number of nitrogens with zero attached hydrogens (tertiary/aromatic N) is 2. The highest BCUT2D eigenvalue weighted by atomic mass is 16.1. The van der Waals surface area contributed by atoms with E-state index in [4.69, 9.17) is 10.7 Å². The van der Waals surface area contributed by atoms with Crippen molar-refractivity contribution in [1.29, 1.82) is 0 Å². The number of nitrogens with one attached hydrogen (secondary N) is 1. The molecule has 5 unspecified atom stereocenters. The van der Waals surface area contributed by atoms with E-state index in [1.54, 1.807) is 0 Å². The lowest BCUT2D eigenvalue weighted by Crippen LogP contribution is -2.46. The number of hydrogen-bond acceptors (Lipinski definition) is 4. The largest absolute Gasteiger partial charge is 0.328 e. The molecule has 1 aliphatic carbocycles. The van der Waals surface area contributed by atoms with E-state index in [0.717, 1.165) is 49.6 Å². The van der Waals surface area contributed by atoms with Gasteiger partial charge in [-0.05, 0) is 76.3 Å². The number of hydrogen-bond donors (Lipinski definition) is 2. The molecule has 2 aliphatic rings. The fourth-order valence-electron chi connectivity index (χ4n) is 6.28. The lowest BCUT2D eigenvalue weighted by Gasteiger charge is -2.44. The molecule has 1 aromatic carbocycles. The Kier molecular flexibility index (Phi) is 7.67. The smallest absolute Gasteiger partial charge is 0.270 e. The predicted octanol–water partition coefficient (Wildman–Crippen LogP) is 5.48. The number of H-pyrrole nitrogens is 1. The summed E-state index contributed by atoms with van der Waals surface area (Å²) in [5.74, 6) is 0.468. The predicted molar refractivity (Wildman–Crippen MR) is 133 cm³/mol. The fraction of sp³-hybridized carbons (Fsp3) is 0.704. The van der Waals surface area contributed by atoms with Crippen LogP contribution in [0.2, 0.25) is 0 Å². The number of rotatable bonds is 7. The zero-order chi connectivity index (χ0) is 22.7. The Morgan fingerprint density at radius 2 is 1.91 bits per heavy atom. The van der Waals surface area contributed by atoms with Crippen molar-refractivity contribution in [3.63, 3.8) is 0 Å². The molecular formula is C27H42N4O. The number of benzene rings is 1. The second kappa shape index (κ2) is 10.5. The Labute approximate surface area is 193 Å². The van der Waals surface area contributed by atoms with Gasteiger partial charge in [0, 0.05) is 24.2 Å². The molecule has 3 N–H and O–H groups in total. The minimum Gasteiger partial charge on any atom is -0.328 e. The van der Waals surface area contributed by atoms with Gasteiger partial charge in [-0.25, -0.2) is 4.98 Å². The van der Waals surface area contributed by atoms with Gasteiger partial charge in [0.1, 0.15) is 5.69 Å². The number of para-hydroxylation sites is 1. The summed E-state index contributed by atoms with van der Waals surface area (Å²) in [6.07, 6.45) is 12.5. The average molecular weight is 439 g/mol. The fourth-order valence-corrected chi connectivity index (χ4v) is 6.28. The summed E-state index contributed by atoms with van der Waals surface area (Å²) in [6, 6.07) is 8.11. The number of aromatic nitrogens is 2. The molecule has 176 valence electrons. The molecule has 5 nitrogen and oxygen atoms in total. The number of aromatic amines is 1. The van der Waals surface area contributed by atoms with Gasteiger partial charge in [0.05, 0.1) is 11.0 Å². The second-order valence-electron chi connectivity index (χ2n) is 10.5. The van der Waals surface area contributed by atoms with E-state index in [1.807, 2.05) is 6.07 Å². The molecule has 32 heavy (non-hydrogen) atoms. The maximum absolute atomic E-state index is 12.9. The zero-order valence-corrected chi connectivity index (χ0v) is 20.3. The topological polar surface area (TPSA) is 75.0 Å². The van der Waals surface area contributed by atoms with Crippen LogP contribution >= 0.6 is 0 Å². The summed E-state index contributed by atoms with van der Waals surface area (Å²) in [5, 5.41) is 0. The molecular weight excluding hydrogens is 396 g/mol. The quantitative estimate of drug-likeness (QED) is 0.600. The van der Waals surface area contributed by atoms with Gasteiger partial charge in [0.15, 0.2) is 0 Å². The number of nitrogens with two attached hydrogens (primary N) is 1. The van der Waals surface area contributed by atoms with Gasteiger partial charge in [-0.15, -0.1) is 0 Å². The Hall–Kier alpha value is -1.72. The first-order chi connectivity index (χ1) is 15.5. The molecule has 4 rings (SSSR count). The first kappa shape index (κ1) is 23.4. The molecule has 2 aromatic rings. The van der Waals surface area contributed by atoms with Crippen LogP contribution in [-0.4, -0.2) is 33.0 Å². The zero-order valence-electron chi connectivity index (χ0n) is 20.3. The van der Waals surface area contributed by atoms with Crippen LogP contribution in [0.1, 0.15) is 102 Å². The van der Waals surface area contributed by atoms with Gasteiger partial charge in [-0.2, -0.15) is 0 Å². The van der Waals surface area contributed by atoms with Crippen LogP contribution in [-0.2, 0) is 6.42 Å². The Bertz CT molecular complexity index is 944. The Morgan fingerprint density at radius 1 is 1.16 bits per heavy atom. The normalized spacial score (nSPS) is 28.1. The van der Waals surface area contributed by atoms with E-state index in [2.05, 4.69) is 42.8 Å². The summed E-state index contributed by atoms with van der Waals surface area (Å²) in [5.41, 5.74) is 10.0. The minimum atomic E-state index is -0.0291. The standard InChI is InChI=1S/C27H42N4O/c1-4-5-15-25(31-18(2)9-6-10-19(31)3)22-13-8-14-23-26(22)29-24(27(32)30-23)17-20-11-7-12-21(28)16-20/h8,13-14,18-21,25H,4-7,9-12,15-17,28H2,1-3H3,(H,30,32). The lowest BCUT2D eigenvalue weighted by atomic mass is 9.83. The van der Waals surface area contributed by atoms with Crippen LogP contribution in [0.25, 0.3) is 11.0 Å². The highest BCUT2D eigenvalue weighted by Crippen LogP contribution is 2.37. The third kappa shape index (κ3) is 5.09. The van der Waals surface area contributed by atoms with E-state index in [-0.39, 0.29) is 11.6 Å². The maximum atomic E-state index is 12.9. The monoisotopic (exact) mass is 438 g/mol. The van der Waals surface area contributed by atoms with E-state index < -0.39 is 0 Å². The summed E-state index contributed by atoms with van der Waals surface area (Å²) in [7, 11) is 0. The molecule has 0 amide bonds. The molecule has 5 heteroatoms. The van der Waals surface area contributed by atoms with Gasteiger partial charge in [-0.3, -0.25) is 9.69 Å². The number of piperidine rings is 1. The van der Waals surface area contributed by atoms with Crippen molar-refractivity contribution in [2.75, 3.05) is 0 Å². The first-order valence-corrected chi connectivity index (χ1v) is 13.0. The molecule has 1 saturated heterocycles. The highest BCUT2D eigenvalue weighted by Gasteiger charge is 2.33. The molecule has 0 spiro atoms. The number of unbranched alkanes of at least 4 members (excludes halogenated alkanes) is 1. The number of likely N-dealkylation sites (tertiary alicyclic amines) is 1. The molecule has 5 atom stereocenters. The van der Waals surface area contributed by atoms with Crippen molar-refractivity contribution < 1.29 is 0 Å². The third-order valence-corrected chi connectivity index (χ3v) is 7.94. The van der Waals surface area contributed by atoms with Crippen LogP contribution < -0.4 is 11.3 Å². The van der Waals surface area contributed by atoms with Gasteiger partial charge in [0.2, 0.25) is 0 Å². The first-order valence-electron chi connectivity index (χ1n) is 13.0. The van der Waals surface area contributed by atoms with Crippen molar-refractivity contribution in [3.05, 3.63) is 39.8 Å². The van der Waals surface area contributed by atoms with Gasteiger partial charge in [-0.1, -0.05) is 44.7 Å². The van der Waals surface area contributed by atoms with E-state index in [0.29, 0.717) is 29.7 Å². The average Bonchev–Trinajstić information content (AvgIpc) is 2.76. The van der Waals surface area contributed by atoms with Crippen molar-refractivity contribution in [3.8, 4) is 0 Å². The molecule has 2 heterocycles. The van der Waals surface area contributed by atoms with Crippen LogP contribution in [0.3, 0.4) is 0 Å². The highest BCUT2D eigenvalue weighted by molar-refractivity contribution is 5.78. The van der Waals surface area contributed by atoms with Crippen molar-refractivity contribution in [2.45, 2.75) is 116 Å². The Balaban J connectivity index is 1.73. The molecule has 1 saturated carbocycles. The summed E-state index contributed by atoms with van der Waals surface area (Å²) >= 11 is 0. The Morgan fingerprint density at radius 3 is 2.62 bits per heavy atom. The SMILES string of the molecule is CCCCC(c1cccc2[nH]c(=O)c(CC3CCCC(N)C3)nc12)N1C(C)CCCC1C. The van der Waals surface area contributed by atoms with Crippen molar-refractivity contribution in [2.24, 2.45) is 11.7 Å². The van der Waals surface area contributed by atoms with E-state index >= 15 is 0 Å². The molecule has 2 fully saturated rings. The number of fused-ring (bicyclic) bond motifs is 1. The third-order valence-electron chi connectivity index (χ3n) is 7.94. The van der Waals surface area contributed by atoms with E-state index in [1.165, 1.54) is 37.7 Å². The van der Waals surface area contributed by atoms with Crippen LogP contribution in [0.4, 0.5) is 0 Å². The summed E-state index contributed by atoms with van der Waals surface area (Å²) in [6.45, 7) is 7.03. The van der Waals surface area contributed by atoms with Gasteiger partial charge in [0.25, 0.3) is 5.56 Å². The second-order valence-corrected chi connectivity index (χ2v) is 10.5. The van der Waals surface area contributed by atoms with Gasteiger partial charge < -0.3 is 10.7 Å². The molecule has 1 aliphatic heterocycles. The molecule has 0 bridgehead atoms. The van der Waals surface area contributed by atoms with Crippen LogP contribution in [0.15, 0.2) is 23.0 Å². The van der Waals surface area contributed by atoms with Gasteiger partial charge >= 0.3 is 0 Å². The summed E-state index contributed by atoms with van der Waals surface area (Å²) in [4.78, 5) is 23.8. The van der Waals surface area contributed by atoms with Crippen LogP contribution in [0.5, 0.6) is 0 Å². The molecule has 0 radical (unpaired) electrons. The molecule has 1 aromatic heterocycles.